The van der Waals surface area contributed by atoms with Crippen molar-refractivity contribution in [3.05, 3.63) is 23.9 Å². The fourth-order valence-electron chi connectivity index (χ4n) is 2.05. The van der Waals surface area contributed by atoms with Gasteiger partial charge in [-0.25, -0.2) is 4.98 Å². The minimum atomic E-state index is 0.149. The van der Waals surface area contributed by atoms with Gasteiger partial charge < -0.3 is 15.3 Å². The van der Waals surface area contributed by atoms with Gasteiger partial charge in [0, 0.05) is 24.8 Å². The predicted molar refractivity (Wildman–Crippen MR) is 80.5 cm³/mol. The molecular formula is C15H27N3O. The third-order valence-corrected chi connectivity index (χ3v) is 3.23. The zero-order valence-corrected chi connectivity index (χ0v) is 12.6. The van der Waals surface area contributed by atoms with Crippen LogP contribution in [0.3, 0.4) is 0 Å². The highest BCUT2D eigenvalue weighted by Gasteiger charge is 2.12. The van der Waals surface area contributed by atoms with Gasteiger partial charge in [-0.2, -0.15) is 0 Å². The highest BCUT2D eigenvalue weighted by atomic mass is 16.3. The van der Waals surface area contributed by atoms with Crippen molar-refractivity contribution in [2.45, 2.75) is 46.2 Å². The van der Waals surface area contributed by atoms with E-state index in [0.29, 0.717) is 18.6 Å². The van der Waals surface area contributed by atoms with E-state index in [0.717, 1.165) is 18.8 Å². The first kappa shape index (κ1) is 15.9. The molecule has 108 valence electrons. The lowest BCUT2D eigenvalue weighted by molar-refractivity contribution is 0.298. The van der Waals surface area contributed by atoms with Crippen molar-refractivity contribution in [2.24, 2.45) is 0 Å². The molecule has 0 aliphatic carbocycles. The fraction of sp³-hybridized carbons (Fsp3) is 0.667. The van der Waals surface area contributed by atoms with E-state index in [9.17, 15) is 0 Å². The maximum Gasteiger partial charge on any atom is 0.128 e. The van der Waals surface area contributed by atoms with Crippen LogP contribution in [0, 0.1) is 0 Å². The number of nitrogens with zero attached hydrogens (tertiary/aromatic N) is 2. The van der Waals surface area contributed by atoms with Crippen LogP contribution in [-0.2, 0) is 0 Å². The lowest BCUT2D eigenvalue weighted by Crippen LogP contribution is -2.34. The lowest BCUT2D eigenvalue weighted by Gasteiger charge is -2.27. The van der Waals surface area contributed by atoms with Crippen LogP contribution in [0.25, 0.3) is 0 Å². The van der Waals surface area contributed by atoms with Gasteiger partial charge in [0.25, 0.3) is 0 Å². The molecule has 4 nitrogen and oxygen atoms in total. The summed E-state index contributed by atoms with van der Waals surface area (Å²) in [7, 11) is 0. The number of pyridine rings is 1. The van der Waals surface area contributed by atoms with Crippen molar-refractivity contribution in [1.29, 1.82) is 0 Å². The molecular weight excluding hydrogens is 238 g/mol. The van der Waals surface area contributed by atoms with Gasteiger partial charge in [-0.15, -0.1) is 0 Å². The lowest BCUT2D eigenvalue weighted by atomic mass is 10.1. The molecule has 4 heteroatoms. The number of aliphatic hydroxyl groups excluding tert-OH is 1. The summed E-state index contributed by atoms with van der Waals surface area (Å²) in [6.07, 6.45) is 3.06. The Hall–Kier alpha value is -1.13. The van der Waals surface area contributed by atoms with Crippen LogP contribution in [0.4, 0.5) is 5.82 Å². The van der Waals surface area contributed by atoms with Gasteiger partial charge >= 0.3 is 0 Å². The third-order valence-electron chi connectivity index (χ3n) is 3.23. The molecule has 0 aliphatic rings. The van der Waals surface area contributed by atoms with Crippen LogP contribution in [0.15, 0.2) is 18.3 Å². The maximum atomic E-state index is 9.11. The molecule has 0 bridgehead atoms. The molecule has 0 aliphatic heterocycles. The number of hydrogen-bond donors (Lipinski definition) is 2. The molecule has 0 amide bonds. The largest absolute Gasteiger partial charge is 0.395 e. The minimum Gasteiger partial charge on any atom is -0.395 e. The van der Waals surface area contributed by atoms with Crippen molar-refractivity contribution in [2.75, 3.05) is 24.6 Å². The van der Waals surface area contributed by atoms with Crippen molar-refractivity contribution >= 4 is 5.82 Å². The van der Waals surface area contributed by atoms with Gasteiger partial charge in [0.15, 0.2) is 0 Å². The van der Waals surface area contributed by atoms with E-state index < -0.39 is 0 Å². The predicted octanol–water partition coefficient (Wildman–Crippen LogP) is 2.35. The summed E-state index contributed by atoms with van der Waals surface area (Å²) >= 11 is 0. The normalized spacial score (nSPS) is 12.7. The molecule has 0 radical (unpaired) electrons. The zero-order chi connectivity index (χ0) is 14.3. The summed E-state index contributed by atoms with van der Waals surface area (Å²) < 4.78 is 0. The summed E-state index contributed by atoms with van der Waals surface area (Å²) in [5.41, 5.74) is 1.20. The minimum absolute atomic E-state index is 0.149. The Morgan fingerprint density at radius 1 is 1.32 bits per heavy atom. The summed E-state index contributed by atoms with van der Waals surface area (Å²) in [4.78, 5) is 6.63. The standard InChI is InChI=1S/C15H27N3O/c1-5-8-16-13(4)14-6-7-15(17-11-14)18(9-10-19)12(2)3/h6-7,11-13,16,19H,5,8-10H2,1-4H3. The molecule has 19 heavy (non-hydrogen) atoms. The average Bonchev–Trinajstić information content (AvgIpc) is 2.42. The first-order chi connectivity index (χ1) is 9.10. The SMILES string of the molecule is CCCNC(C)c1ccc(N(CCO)C(C)C)nc1. The topological polar surface area (TPSA) is 48.4 Å². The molecule has 1 heterocycles. The van der Waals surface area contributed by atoms with Gasteiger partial charge in [0.2, 0.25) is 0 Å². The molecule has 2 N–H and O–H groups in total. The molecule has 1 aromatic rings. The number of anilines is 1. The van der Waals surface area contributed by atoms with Crippen LogP contribution >= 0.6 is 0 Å². The molecule has 1 atom stereocenters. The van der Waals surface area contributed by atoms with E-state index in [2.05, 4.69) is 49.0 Å². The Morgan fingerprint density at radius 3 is 2.53 bits per heavy atom. The smallest absolute Gasteiger partial charge is 0.128 e. The van der Waals surface area contributed by atoms with Crippen molar-refractivity contribution < 1.29 is 5.11 Å². The van der Waals surface area contributed by atoms with E-state index in [1.54, 1.807) is 0 Å². The molecule has 1 unspecified atom stereocenters. The number of nitrogens with one attached hydrogen (secondary N) is 1. The number of aromatic nitrogens is 1. The summed E-state index contributed by atoms with van der Waals surface area (Å²) in [6, 6.07) is 4.81. The van der Waals surface area contributed by atoms with Crippen LogP contribution in [-0.4, -0.2) is 35.8 Å². The van der Waals surface area contributed by atoms with Crippen molar-refractivity contribution in [1.82, 2.24) is 10.3 Å². The molecule has 0 saturated heterocycles. The second kappa shape index (κ2) is 8.12. The third kappa shape index (κ3) is 4.80. The van der Waals surface area contributed by atoms with E-state index in [4.69, 9.17) is 5.11 Å². The number of rotatable bonds is 8. The molecule has 0 fully saturated rings. The first-order valence-electron chi connectivity index (χ1n) is 7.17. The Kier molecular flexibility index (Phi) is 6.81. The molecule has 1 rings (SSSR count). The molecule has 0 spiro atoms. The monoisotopic (exact) mass is 265 g/mol. The highest BCUT2D eigenvalue weighted by Crippen LogP contribution is 2.17. The Bertz CT molecular complexity index is 351. The Balaban J connectivity index is 2.73. The van der Waals surface area contributed by atoms with E-state index in [1.807, 2.05) is 12.3 Å². The molecule has 0 saturated carbocycles. The number of aliphatic hydroxyl groups is 1. The average molecular weight is 265 g/mol. The van der Waals surface area contributed by atoms with Gasteiger partial charge in [-0.1, -0.05) is 13.0 Å². The van der Waals surface area contributed by atoms with Crippen molar-refractivity contribution in [3.8, 4) is 0 Å². The van der Waals surface area contributed by atoms with Gasteiger partial charge in [0.1, 0.15) is 5.82 Å². The van der Waals surface area contributed by atoms with Gasteiger partial charge in [0.05, 0.1) is 6.61 Å². The second-order valence-corrected chi connectivity index (χ2v) is 5.14. The molecule has 0 aromatic carbocycles. The van der Waals surface area contributed by atoms with E-state index >= 15 is 0 Å². The molecule has 1 aromatic heterocycles. The second-order valence-electron chi connectivity index (χ2n) is 5.14. The van der Waals surface area contributed by atoms with E-state index in [-0.39, 0.29) is 6.61 Å². The van der Waals surface area contributed by atoms with Crippen molar-refractivity contribution in [3.63, 3.8) is 0 Å². The first-order valence-corrected chi connectivity index (χ1v) is 7.17. The fourth-order valence-corrected chi connectivity index (χ4v) is 2.05. The maximum absolute atomic E-state index is 9.11. The van der Waals surface area contributed by atoms with Gasteiger partial charge in [-0.05, 0) is 45.4 Å². The Labute approximate surface area is 116 Å². The van der Waals surface area contributed by atoms with Crippen LogP contribution in [0.1, 0.15) is 45.7 Å². The Morgan fingerprint density at radius 2 is 2.05 bits per heavy atom. The summed E-state index contributed by atoms with van der Waals surface area (Å²) in [5.74, 6) is 0.926. The number of hydrogen-bond acceptors (Lipinski definition) is 4. The highest BCUT2D eigenvalue weighted by molar-refractivity contribution is 5.40. The zero-order valence-electron chi connectivity index (χ0n) is 12.6. The van der Waals surface area contributed by atoms with Crippen LogP contribution in [0.5, 0.6) is 0 Å². The quantitative estimate of drug-likeness (QED) is 0.757. The van der Waals surface area contributed by atoms with Crippen LogP contribution in [0.2, 0.25) is 0 Å². The summed E-state index contributed by atoms with van der Waals surface area (Å²) in [5, 5.41) is 12.6. The van der Waals surface area contributed by atoms with Gasteiger partial charge in [-0.3, -0.25) is 0 Å². The van der Waals surface area contributed by atoms with Crippen LogP contribution < -0.4 is 10.2 Å². The summed E-state index contributed by atoms with van der Waals surface area (Å²) in [6.45, 7) is 10.3. The van der Waals surface area contributed by atoms with E-state index in [1.165, 1.54) is 5.56 Å².